The van der Waals surface area contributed by atoms with Crippen molar-refractivity contribution in [2.24, 2.45) is 5.41 Å². The van der Waals surface area contributed by atoms with Crippen molar-refractivity contribution in [2.45, 2.75) is 12.0 Å². The number of nitrogens with one attached hydrogen (secondary N) is 2. The second-order valence-electron chi connectivity index (χ2n) is 5.13. The molecule has 4 nitrogen and oxygen atoms in total. The first-order valence-electron chi connectivity index (χ1n) is 6.75. The Morgan fingerprint density at radius 2 is 2.05 bits per heavy atom. The highest BCUT2D eigenvalue weighted by atomic mass is 15.0. The normalized spacial score (nSPS) is 20.0. The summed E-state index contributed by atoms with van der Waals surface area (Å²) in [6, 6.07) is 10.3. The number of fused-ring (bicyclic) bond motifs is 1. The number of benzene rings is 1. The third-order valence-electron chi connectivity index (χ3n) is 4.26. The van der Waals surface area contributed by atoms with Gasteiger partial charge in [0.2, 0.25) is 0 Å². The fourth-order valence-electron chi connectivity index (χ4n) is 2.80. The Labute approximate surface area is 125 Å². The summed E-state index contributed by atoms with van der Waals surface area (Å²) in [6.07, 6.45) is 5.86. The van der Waals surface area contributed by atoms with Crippen molar-refractivity contribution in [1.29, 1.82) is 10.5 Å². The molecule has 0 heterocycles. The maximum atomic E-state index is 9.53. The summed E-state index contributed by atoms with van der Waals surface area (Å²) in [6.45, 7) is 3.70. The van der Waals surface area contributed by atoms with E-state index in [-0.39, 0.29) is 0 Å². The van der Waals surface area contributed by atoms with Crippen LogP contribution in [0, 0.1) is 28.1 Å². The predicted molar refractivity (Wildman–Crippen MR) is 84.4 cm³/mol. The standard InChI is InChI=1S/C17H18N4/c1-4-16(11-18,12-19)17(21-3)8-7-13-9-15(20-2)6-5-14(13)10-17/h4-9,20-21H,1,10H2,2-3H3. The number of anilines is 1. The molecule has 1 atom stereocenters. The molecule has 0 aromatic heterocycles. The molecule has 1 aromatic carbocycles. The zero-order valence-electron chi connectivity index (χ0n) is 12.3. The van der Waals surface area contributed by atoms with E-state index in [1.807, 2.05) is 31.3 Å². The van der Waals surface area contributed by atoms with Crippen LogP contribution in [0.5, 0.6) is 0 Å². The molecule has 2 N–H and O–H groups in total. The summed E-state index contributed by atoms with van der Waals surface area (Å²) < 4.78 is 0. The molecule has 0 amide bonds. The number of rotatable bonds is 4. The van der Waals surface area contributed by atoms with E-state index in [1.165, 1.54) is 6.08 Å². The van der Waals surface area contributed by atoms with Crippen LogP contribution in [-0.2, 0) is 6.42 Å². The molecule has 0 spiro atoms. The van der Waals surface area contributed by atoms with Gasteiger partial charge in [-0.1, -0.05) is 24.3 Å². The van der Waals surface area contributed by atoms with Gasteiger partial charge in [-0.25, -0.2) is 0 Å². The summed E-state index contributed by atoms with van der Waals surface area (Å²) in [5, 5.41) is 25.3. The van der Waals surface area contributed by atoms with E-state index in [1.54, 1.807) is 7.05 Å². The van der Waals surface area contributed by atoms with Crippen molar-refractivity contribution in [3.8, 4) is 12.1 Å². The van der Waals surface area contributed by atoms with E-state index in [0.29, 0.717) is 6.42 Å². The van der Waals surface area contributed by atoms with Crippen molar-refractivity contribution in [1.82, 2.24) is 5.32 Å². The molecule has 0 aliphatic heterocycles. The molecule has 0 saturated carbocycles. The Bertz CT molecular complexity index is 661. The smallest absolute Gasteiger partial charge is 0.183 e. The molecule has 1 aliphatic carbocycles. The van der Waals surface area contributed by atoms with Crippen LogP contribution in [0.4, 0.5) is 5.69 Å². The largest absolute Gasteiger partial charge is 0.388 e. The van der Waals surface area contributed by atoms with Gasteiger partial charge < -0.3 is 10.6 Å². The third-order valence-corrected chi connectivity index (χ3v) is 4.26. The molecule has 1 aromatic rings. The fraction of sp³-hybridized carbons (Fsp3) is 0.294. The highest BCUT2D eigenvalue weighted by molar-refractivity contribution is 5.66. The van der Waals surface area contributed by atoms with Gasteiger partial charge in [0.15, 0.2) is 5.41 Å². The van der Waals surface area contributed by atoms with Gasteiger partial charge in [0.05, 0.1) is 17.7 Å². The molecule has 0 fully saturated rings. The van der Waals surface area contributed by atoms with E-state index in [9.17, 15) is 10.5 Å². The van der Waals surface area contributed by atoms with E-state index in [2.05, 4.69) is 35.4 Å². The molecule has 0 bridgehead atoms. The molecular formula is C17H18N4. The van der Waals surface area contributed by atoms with Gasteiger partial charge in [-0.3, -0.25) is 0 Å². The lowest BCUT2D eigenvalue weighted by molar-refractivity contribution is 0.315. The highest BCUT2D eigenvalue weighted by Gasteiger charge is 2.49. The predicted octanol–water partition coefficient (Wildman–Crippen LogP) is 2.48. The van der Waals surface area contributed by atoms with Crippen LogP contribution < -0.4 is 10.6 Å². The molecule has 1 aliphatic rings. The van der Waals surface area contributed by atoms with Gasteiger partial charge in [-0.15, -0.1) is 6.58 Å². The van der Waals surface area contributed by atoms with Gasteiger partial charge >= 0.3 is 0 Å². The summed E-state index contributed by atoms with van der Waals surface area (Å²) in [4.78, 5) is 0. The van der Waals surface area contributed by atoms with Gasteiger partial charge in [0.1, 0.15) is 0 Å². The van der Waals surface area contributed by atoms with Gasteiger partial charge in [-0.2, -0.15) is 10.5 Å². The lowest BCUT2D eigenvalue weighted by Crippen LogP contribution is -2.56. The summed E-state index contributed by atoms with van der Waals surface area (Å²) in [5.41, 5.74) is 1.15. The van der Waals surface area contributed by atoms with Gasteiger partial charge in [0, 0.05) is 12.7 Å². The monoisotopic (exact) mass is 278 g/mol. The lowest BCUT2D eigenvalue weighted by atomic mass is 9.65. The molecule has 106 valence electrons. The van der Waals surface area contributed by atoms with Crippen LogP contribution in [0.2, 0.25) is 0 Å². The first-order chi connectivity index (χ1) is 10.1. The Balaban J connectivity index is 2.55. The fourth-order valence-corrected chi connectivity index (χ4v) is 2.80. The number of nitrogens with zero attached hydrogens (tertiary/aromatic N) is 2. The van der Waals surface area contributed by atoms with Crippen LogP contribution >= 0.6 is 0 Å². The average molecular weight is 278 g/mol. The van der Waals surface area contributed by atoms with Crippen molar-refractivity contribution < 1.29 is 0 Å². The topological polar surface area (TPSA) is 71.6 Å². The van der Waals surface area contributed by atoms with Gasteiger partial charge in [-0.05, 0) is 36.7 Å². The number of hydrogen-bond donors (Lipinski definition) is 2. The van der Waals surface area contributed by atoms with Crippen LogP contribution in [0.25, 0.3) is 6.08 Å². The maximum Gasteiger partial charge on any atom is 0.183 e. The Morgan fingerprint density at radius 3 is 2.57 bits per heavy atom. The van der Waals surface area contributed by atoms with Crippen molar-refractivity contribution in [3.05, 3.63) is 48.1 Å². The lowest BCUT2D eigenvalue weighted by Gasteiger charge is -2.41. The van der Waals surface area contributed by atoms with Crippen molar-refractivity contribution in [3.63, 3.8) is 0 Å². The summed E-state index contributed by atoms with van der Waals surface area (Å²) >= 11 is 0. The summed E-state index contributed by atoms with van der Waals surface area (Å²) in [5.74, 6) is 0. The first-order valence-corrected chi connectivity index (χ1v) is 6.75. The Hall–Kier alpha value is -2.56. The van der Waals surface area contributed by atoms with E-state index >= 15 is 0 Å². The van der Waals surface area contributed by atoms with Crippen LogP contribution in [-0.4, -0.2) is 19.6 Å². The zero-order chi connectivity index (χ0) is 15.5. The third kappa shape index (κ3) is 2.11. The second-order valence-corrected chi connectivity index (χ2v) is 5.13. The van der Waals surface area contributed by atoms with E-state index < -0.39 is 11.0 Å². The number of likely N-dealkylation sites (N-methyl/N-ethyl adjacent to an activating group) is 1. The van der Waals surface area contributed by atoms with Crippen molar-refractivity contribution in [2.75, 3.05) is 19.4 Å². The van der Waals surface area contributed by atoms with Crippen LogP contribution in [0.1, 0.15) is 11.1 Å². The van der Waals surface area contributed by atoms with E-state index in [4.69, 9.17) is 0 Å². The molecule has 1 unspecified atom stereocenters. The Kier molecular flexibility index (Phi) is 3.84. The second kappa shape index (κ2) is 5.44. The first kappa shape index (κ1) is 14.8. The molecule has 2 rings (SSSR count). The van der Waals surface area contributed by atoms with Crippen LogP contribution in [0.3, 0.4) is 0 Å². The summed E-state index contributed by atoms with van der Waals surface area (Å²) in [7, 11) is 3.64. The maximum absolute atomic E-state index is 9.53. The van der Waals surface area contributed by atoms with Crippen LogP contribution in [0.15, 0.2) is 36.9 Å². The van der Waals surface area contributed by atoms with Gasteiger partial charge in [0.25, 0.3) is 0 Å². The van der Waals surface area contributed by atoms with E-state index in [0.717, 1.165) is 16.8 Å². The average Bonchev–Trinajstić information content (AvgIpc) is 2.56. The molecule has 0 saturated heterocycles. The quantitative estimate of drug-likeness (QED) is 0.830. The zero-order valence-corrected chi connectivity index (χ0v) is 12.3. The minimum Gasteiger partial charge on any atom is -0.388 e. The molecule has 21 heavy (non-hydrogen) atoms. The number of hydrogen-bond acceptors (Lipinski definition) is 4. The van der Waals surface area contributed by atoms with Crippen molar-refractivity contribution >= 4 is 11.8 Å². The highest BCUT2D eigenvalue weighted by Crippen LogP contribution is 2.40. The number of nitriles is 2. The molecule has 4 heteroatoms. The molecular weight excluding hydrogens is 260 g/mol. The minimum absolute atomic E-state index is 0.562. The molecule has 0 radical (unpaired) electrons. The minimum atomic E-state index is -1.31. The SMILES string of the molecule is C=CC(C#N)(C#N)C1(NC)C=Cc2cc(NC)ccc2C1. The Morgan fingerprint density at radius 1 is 1.33 bits per heavy atom.